The van der Waals surface area contributed by atoms with Gasteiger partial charge in [0.2, 0.25) is 0 Å². The maximum Gasteiger partial charge on any atom is 0.252 e. The average Bonchev–Trinajstić information content (AvgIpc) is 2.85. The van der Waals surface area contributed by atoms with Crippen molar-refractivity contribution in [2.45, 2.75) is 13.0 Å². The summed E-state index contributed by atoms with van der Waals surface area (Å²) >= 11 is 3.67. The van der Waals surface area contributed by atoms with E-state index < -0.39 is 0 Å². The van der Waals surface area contributed by atoms with Crippen LogP contribution in [-0.4, -0.2) is 13.0 Å². The Morgan fingerprint density at radius 3 is 2.80 bits per heavy atom. The molecular weight excluding hydrogens is 392 g/mol. The number of amides is 1. The number of methoxy groups -OCH3 is 1. The van der Waals surface area contributed by atoms with Crippen molar-refractivity contribution in [3.63, 3.8) is 0 Å². The highest BCUT2D eigenvalue weighted by atomic mass is 127. The number of thiophene rings is 1. The summed E-state index contributed by atoms with van der Waals surface area (Å²) in [4.78, 5) is 12.1. The third-order valence-corrected chi connectivity index (χ3v) is 4.62. The normalized spacial score (nSPS) is 12.0. The Labute approximate surface area is 134 Å². The van der Waals surface area contributed by atoms with Crippen molar-refractivity contribution in [2.75, 3.05) is 7.11 Å². The molecule has 0 aliphatic heterocycles. The molecule has 0 saturated heterocycles. The molecule has 0 aliphatic carbocycles. The minimum Gasteiger partial charge on any atom is -0.496 e. The first kappa shape index (κ1) is 15.2. The fourth-order valence-electron chi connectivity index (χ4n) is 1.83. The van der Waals surface area contributed by atoms with Crippen LogP contribution in [0.5, 0.6) is 5.75 Å². The maximum atomic E-state index is 13.3. The number of halogens is 2. The second kappa shape index (κ2) is 6.53. The third kappa shape index (κ3) is 3.49. The average molecular weight is 405 g/mol. The number of carbonyl (C=O) groups excluding carboxylic acids is 1. The van der Waals surface area contributed by atoms with E-state index in [9.17, 15) is 9.18 Å². The smallest absolute Gasteiger partial charge is 0.252 e. The minimum atomic E-state index is -0.355. The second-order valence-electron chi connectivity index (χ2n) is 4.22. The molecule has 2 rings (SSSR count). The van der Waals surface area contributed by atoms with Gasteiger partial charge in [-0.05, 0) is 53.8 Å². The monoisotopic (exact) mass is 405 g/mol. The summed E-state index contributed by atoms with van der Waals surface area (Å²) in [5, 5.41) is 4.64. The zero-order chi connectivity index (χ0) is 14.7. The molecule has 1 aromatic carbocycles. The van der Waals surface area contributed by atoms with E-state index in [1.807, 2.05) is 6.07 Å². The molecule has 1 N–H and O–H groups in total. The van der Waals surface area contributed by atoms with E-state index in [0.717, 1.165) is 2.88 Å². The van der Waals surface area contributed by atoms with E-state index in [1.54, 1.807) is 18.4 Å². The summed E-state index contributed by atoms with van der Waals surface area (Å²) in [6.07, 6.45) is 0. The van der Waals surface area contributed by atoms with Crippen LogP contribution in [0.2, 0.25) is 0 Å². The molecule has 6 heteroatoms. The summed E-state index contributed by atoms with van der Waals surface area (Å²) in [5.41, 5.74) is 1.23. The van der Waals surface area contributed by atoms with Crippen LogP contribution in [0.1, 0.15) is 28.9 Å². The van der Waals surface area contributed by atoms with Gasteiger partial charge in [0.1, 0.15) is 11.6 Å². The van der Waals surface area contributed by atoms with Gasteiger partial charge < -0.3 is 10.1 Å². The van der Waals surface area contributed by atoms with E-state index in [0.29, 0.717) is 16.9 Å². The predicted octanol–water partition coefficient (Wildman–Crippen LogP) is 3.99. The van der Waals surface area contributed by atoms with Gasteiger partial charge in [-0.25, -0.2) is 4.39 Å². The van der Waals surface area contributed by atoms with E-state index in [1.165, 1.54) is 30.6 Å². The van der Waals surface area contributed by atoms with Crippen molar-refractivity contribution in [1.82, 2.24) is 5.32 Å². The molecule has 0 fully saturated rings. The summed E-state index contributed by atoms with van der Waals surface area (Å²) in [6.45, 7) is 1.80. The molecule has 1 heterocycles. The van der Waals surface area contributed by atoms with Crippen molar-refractivity contribution < 1.29 is 13.9 Å². The Morgan fingerprint density at radius 2 is 2.20 bits per heavy atom. The first-order valence-corrected chi connectivity index (χ1v) is 7.85. The summed E-state index contributed by atoms with van der Waals surface area (Å²) in [7, 11) is 1.52. The summed E-state index contributed by atoms with van der Waals surface area (Å²) in [6, 6.07) is 5.74. The highest BCUT2D eigenvalue weighted by Crippen LogP contribution is 2.26. The number of ether oxygens (including phenoxy) is 1. The summed E-state index contributed by atoms with van der Waals surface area (Å²) in [5.74, 6) is 0.0223. The van der Waals surface area contributed by atoms with Crippen molar-refractivity contribution >= 4 is 39.8 Å². The van der Waals surface area contributed by atoms with Crippen LogP contribution < -0.4 is 10.1 Å². The molecule has 1 unspecified atom stereocenters. The van der Waals surface area contributed by atoms with Gasteiger partial charge >= 0.3 is 0 Å². The molecule has 2 aromatic rings. The lowest BCUT2D eigenvalue weighted by Crippen LogP contribution is -2.26. The van der Waals surface area contributed by atoms with Gasteiger partial charge in [-0.15, -0.1) is 11.3 Å². The molecule has 3 nitrogen and oxygen atoms in total. The number of benzene rings is 1. The standard InChI is InChI=1S/C14H13FINO2S/c1-8(11-6-10(15)3-4-12(11)19-2)17-14(18)9-5-13(16)20-7-9/h3-8H,1-2H3,(H,17,18). The molecule has 0 radical (unpaired) electrons. The Morgan fingerprint density at radius 1 is 1.45 bits per heavy atom. The lowest BCUT2D eigenvalue weighted by atomic mass is 10.1. The lowest BCUT2D eigenvalue weighted by molar-refractivity contribution is 0.0940. The van der Waals surface area contributed by atoms with Gasteiger partial charge in [-0.1, -0.05) is 0 Å². The molecule has 1 aromatic heterocycles. The fourth-order valence-corrected chi connectivity index (χ4v) is 3.16. The minimum absolute atomic E-state index is 0.178. The Bertz CT molecular complexity index is 629. The molecule has 20 heavy (non-hydrogen) atoms. The number of nitrogens with one attached hydrogen (secondary N) is 1. The van der Waals surface area contributed by atoms with E-state index >= 15 is 0 Å². The largest absolute Gasteiger partial charge is 0.496 e. The Hall–Kier alpha value is -1.15. The van der Waals surface area contributed by atoms with Crippen LogP contribution in [0, 0.1) is 8.70 Å². The van der Waals surface area contributed by atoms with Crippen LogP contribution in [-0.2, 0) is 0 Å². The third-order valence-electron chi connectivity index (χ3n) is 2.84. The molecule has 1 atom stereocenters. The Kier molecular flexibility index (Phi) is 4.98. The SMILES string of the molecule is COc1ccc(F)cc1C(C)NC(=O)c1csc(I)c1. The molecule has 1 amide bonds. The van der Waals surface area contributed by atoms with Crippen LogP contribution in [0.4, 0.5) is 4.39 Å². The molecule has 0 spiro atoms. The van der Waals surface area contributed by atoms with E-state index in [2.05, 4.69) is 27.9 Å². The number of hydrogen-bond donors (Lipinski definition) is 1. The van der Waals surface area contributed by atoms with Crippen LogP contribution in [0.15, 0.2) is 29.6 Å². The molecule has 0 aliphatic rings. The highest BCUT2D eigenvalue weighted by Gasteiger charge is 2.16. The van der Waals surface area contributed by atoms with Gasteiger partial charge in [0, 0.05) is 10.9 Å². The van der Waals surface area contributed by atoms with E-state index in [-0.39, 0.29) is 17.8 Å². The zero-order valence-corrected chi connectivity index (χ0v) is 13.9. The van der Waals surface area contributed by atoms with Crippen molar-refractivity contribution in [2.24, 2.45) is 0 Å². The fraction of sp³-hybridized carbons (Fsp3) is 0.214. The molecular formula is C14H13FINO2S. The first-order valence-electron chi connectivity index (χ1n) is 5.89. The highest BCUT2D eigenvalue weighted by molar-refractivity contribution is 14.1. The maximum absolute atomic E-state index is 13.3. The quantitative estimate of drug-likeness (QED) is 0.782. The van der Waals surface area contributed by atoms with Crippen LogP contribution in [0.25, 0.3) is 0 Å². The van der Waals surface area contributed by atoms with Crippen LogP contribution in [0.3, 0.4) is 0 Å². The van der Waals surface area contributed by atoms with Crippen LogP contribution >= 0.6 is 33.9 Å². The van der Waals surface area contributed by atoms with Crippen molar-refractivity contribution in [3.05, 3.63) is 49.5 Å². The number of carbonyl (C=O) groups is 1. The van der Waals surface area contributed by atoms with Gasteiger partial charge in [0.25, 0.3) is 5.91 Å². The van der Waals surface area contributed by atoms with Gasteiger partial charge in [0.15, 0.2) is 0 Å². The molecule has 106 valence electrons. The van der Waals surface area contributed by atoms with Crippen molar-refractivity contribution in [3.8, 4) is 5.75 Å². The Balaban J connectivity index is 2.17. The molecule has 0 saturated carbocycles. The van der Waals surface area contributed by atoms with Gasteiger partial charge in [-0.3, -0.25) is 4.79 Å². The molecule has 0 bridgehead atoms. The zero-order valence-electron chi connectivity index (χ0n) is 10.9. The predicted molar refractivity (Wildman–Crippen MR) is 85.9 cm³/mol. The van der Waals surface area contributed by atoms with Crippen molar-refractivity contribution in [1.29, 1.82) is 0 Å². The number of hydrogen-bond acceptors (Lipinski definition) is 3. The van der Waals surface area contributed by atoms with Gasteiger partial charge in [0.05, 0.1) is 21.6 Å². The van der Waals surface area contributed by atoms with E-state index in [4.69, 9.17) is 4.74 Å². The second-order valence-corrected chi connectivity index (χ2v) is 7.03. The number of rotatable bonds is 4. The lowest BCUT2D eigenvalue weighted by Gasteiger charge is -2.17. The van der Waals surface area contributed by atoms with Gasteiger partial charge in [-0.2, -0.15) is 0 Å². The topological polar surface area (TPSA) is 38.3 Å². The first-order chi connectivity index (χ1) is 9.51. The summed E-state index contributed by atoms with van der Waals surface area (Å²) < 4.78 is 19.6.